The lowest BCUT2D eigenvalue weighted by atomic mass is 10.1. The number of aliphatic hydroxyl groups excluding tert-OH is 1. The first-order valence-corrected chi connectivity index (χ1v) is 12.5. The van der Waals surface area contributed by atoms with Crippen molar-refractivity contribution in [3.63, 3.8) is 0 Å². The van der Waals surface area contributed by atoms with Crippen LogP contribution >= 0.6 is 0 Å². The van der Waals surface area contributed by atoms with Gasteiger partial charge in [-0.3, -0.25) is 9.69 Å². The highest BCUT2D eigenvalue weighted by Crippen LogP contribution is 2.36. The molecule has 1 atom stereocenters. The van der Waals surface area contributed by atoms with Gasteiger partial charge in [0, 0.05) is 38.7 Å². The summed E-state index contributed by atoms with van der Waals surface area (Å²) < 4.78 is 26.6. The van der Waals surface area contributed by atoms with Crippen molar-refractivity contribution in [1.82, 2.24) is 14.7 Å². The van der Waals surface area contributed by atoms with Gasteiger partial charge in [0.2, 0.25) is 5.88 Å². The van der Waals surface area contributed by atoms with Crippen molar-refractivity contribution in [2.24, 2.45) is 13.0 Å². The quantitative estimate of drug-likeness (QED) is 0.339. The van der Waals surface area contributed by atoms with Gasteiger partial charge in [0.15, 0.2) is 0 Å². The van der Waals surface area contributed by atoms with E-state index in [1.807, 2.05) is 44.3 Å². The second-order valence-corrected chi connectivity index (χ2v) is 9.40. The number of aliphatic hydroxyl groups is 1. The highest BCUT2D eigenvalue weighted by molar-refractivity contribution is 5.69. The van der Waals surface area contributed by atoms with E-state index >= 15 is 0 Å². The van der Waals surface area contributed by atoms with E-state index < -0.39 is 6.10 Å². The minimum absolute atomic E-state index is 0.0302. The van der Waals surface area contributed by atoms with Crippen LogP contribution in [-0.4, -0.2) is 51.6 Å². The fraction of sp³-hybridized carbons (Fsp3) is 0.429. The van der Waals surface area contributed by atoms with E-state index in [2.05, 4.69) is 4.90 Å². The first-order valence-electron chi connectivity index (χ1n) is 12.5. The topological polar surface area (TPSA) is 76.8 Å². The number of nitrogens with zero attached hydrogens (tertiary/aromatic N) is 3. The monoisotopic (exact) mass is 495 g/mol. The molecule has 1 fully saturated rings. The summed E-state index contributed by atoms with van der Waals surface area (Å²) in [5.74, 6) is 1.03. The third-order valence-electron chi connectivity index (χ3n) is 6.12. The summed E-state index contributed by atoms with van der Waals surface area (Å²) >= 11 is 0. The molecule has 0 spiro atoms. The van der Waals surface area contributed by atoms with Crippen LogP contribution in [0.15, 0.2) is 54.6 Å². The van der Waals surface area contributed by atoms with Gasteiger partial charge >= 0.3 is 5.97 Å². The molecular formula is C28H34FN3O4. The molecule has 4 rings (SSSR count). The highest BCUT2D eigenvalue weighted by atomic mass is 19.1. The molecule has 1 unspecified atom stereocenters. The maximum Gasteiger partial charge on any atom is 0.305 e. The fourth-order valence-electron chi connectivity index (χ4n) is 4.17. The Kier molecular flexibility index (Phi) is 8.72. The van der Waals surface area contributed by atoms with Crippen LogP contribution in [0.25, 0.3) is 11.3 Å². The zero-order valence-corrected chi connectivity index (χ0v) is 20.9. The number of esters is 1. The van der Waals surface area contributed by atoms with Crippen molar-refractivity contribution in [1.29, 1.82) is 0 Å². The molecule has 3 aromatic rings. The highest BCUT2D eigenvalue weighted by Gasteiger charge is 2.29. The van der Waals surface area contributed by atoms with Gasteiger partial charge in [-0.1, -0.05) is 37.3 Å². The van der Waals surface area contributed by atoms with Crippen LogP contribution in [0.3, 0.4) is 0 Å². The summed E-state index contributed by atoms with van der Waals surface area (Å²) in [7, 11) is 1.82. The van der Waals surface area contributed by atoms with Gasteiger partial charge < -0.3 is 14.6 Å². The molecule has 0 bridgehead atoms. The zero-order valence-electron chi connectivity index (χ0n) is 20.9. The maximum atomic E-state index is 13.5. The Morgan fingerprint density at radius 2 is 1.92 bits per heavy atom. The predicted octanol–water partition coefficient (Wildman–Crippen LogP) is 4.93. The van der Waals surface area contributed by atoms with Gasteiger partial charge in [-0.25, -0.2) is 9.07 Å². The Morgan fingerprint density at radius 1 is 1.19 bits per heavy atom. The van der Waals surface area contributed by atoms with Crippen molar-refractivity contribution < 1.29 is 23.8 Å². The standard InChI is InChI=1S/C28H34FN3O4/c1-3-7-26(34)35-19-23(33)17-32(16-20-10-11-20)18-25-27(21-8-5-4-6-9-21)30-31(2)28(25)36-24-14-12-22(29)13-15-24/h4-6,8-9,12-15,20,23,33H,3,7,10-11,16-19H2,1-2H3. The lowest BCUT2D eigenvalue weighted by molar-refractivity contribution is -0.147. The Balaban J connectivity index is 1.59. The molecule has 1 aromatic heterocycles. The number of carbonyl (C=O) groups is 1. The number of aromatic nitrogens is 2. The maximum absolute atomic E-state index is 13.5. The SMILES string of the molecule is CCCC(=O)OCC(O)CN(Cc1c(-c2ccccc2)nn(C)c1Oc1ccc(F)cc1)CC1CC1. The van der Waals surface area contributed by atoms with Gasteiger partial charge in [0.1, 0.15) is 30.0 Å². The molecule has 192 valence electrons. The first kappa shape index (κ1) is 25.9. The molecule has 0 aliphatic heterocycles. The van der Waals surface area contributed by atoms with Crippen LogP contribution in [0.5, 0.6) is 11.6 Å². The third-order valence-corrected chi connectivity index (χ3v) is 6.12. The van der Waals surface area contributed by atoms with E-state index in [1.54, 1.807) is 16.8 Å². The lowest BCUT2D eigenvalue weighted by Crippen LogP contribution is -2.36. The number of benzene rings is 2. The van der Waals surface area contributed by atoms with Crippen molar-refractivity contribution in [2.45, 2.75) is 45.3 Å². The molecular weight excluding hydrogens is 461 g/mol. The molecule has 36 heavy (non-hydrogen) atoms. The number of hydrogen-bond acceptors (Lipinski definition) is 6. The van der Waals surface area contributed by atoms with Crippen molar-refractivity contribution >= 4 is 5.97 Å². The average Bonchev–Trinajstić information content (AvgIpc) is 3.64. The summed E-state index contributed by atoms with van der Waals surface area (Å²) in [5, 5.41) is 15.4. The first-order chi connectivity index (χ1) is 17.4. The van der Waals surface area contributed by atoms with E-state index in [0.717, 1.165) is 36.2 Å². The van der Waals surface area contributed by atoms with Crippen molar-refractivity contribution in [2.75, 3.05) is 19.7 Å². The van der Waals surface area contributed by atoms with E-state index in [-0.39, 0.29) is 18.4 Å². The Bertz CT molecular complexity index is 1130. The van der Waals surface area contributed by atoms with Crippen molar-refractivity contribution in [3.8, 4) is 22.9 Å². The van der Waals surface area contributed by atoms with Crippen LogP contribution < -0.4 is 4.74 Å². The third kappa shape index (κ3) is 7.15. The van der Waals surface area contributed by atoms with Gasteiger partial charge in [-0.2, -0.15) is 5.10 Å². The number of hydrogen-bond donors (Lipinski definition) is 1. The number of halogens is 1. The molecule has 0 amide bonds. The second-order valence-electron chi connectivity index (χ2n) is 9.40. The van der Waals surface area contributed by atoms with Gasteiger partial charge in [-0.05, 0) is 49.4 Å². The molecule has 0 saturated heterocycles. The summed E-state index contributed by atoms with van der Waals surface area (Å²) in [6.45, 7) is 3.55. The molecule has 1 aliphatic carbocycles. The number of aryl methyl sites for hydroxylation is 1. The Hall–Kier alpha value is -3.23. The number of carbonyl (C=O) groups excluding carboxylic acids is 1. The van der Waals surface area contributed by atoms with Gasteiger partial charge in [0.25, 0.3) is 0 Å². The van der Waals surface area contributed by atoms with Crippen LogP contribution in [0.4, 0.5) is 4.39 Å². The smallest absolute Gasteiger partial charge is 0.305 e. The van der Waals surface area contributed by atoms with Crippen LogP contribution in [0.2, 0.25) is 0 Å². The van der Waals surface area contributed by atoms with Crippen LogP contribution in [0, 0.1) is 11.7 Å². The predicted molar refractivity (Wildman–Crippen MR) is 135 cm³/mol. The number of rotatable bonds is 13. The minimum Gasteiger partial charge on any atom is -0.463 e. The van der Waals surface area contributed by atoms with Crippen LogP contribution in [0.1, 0.15) is 38.2 Å². The summed E-state index contributed by atoms with van der Waals surface area (Å²) in [6, 6.07) is 15.8. The molecule has 1 saturated carbocycles. The van der Waals surface area contributed by atoms with E-state index in [1.165, 1.54) is 12.1 Å². The van der Waals surface area contributed by atoms with E-state index in [9.17, 15) is 14.3 Å². The molecule has 7 nitrogen and oxygen atoms in total. The average molecular weight is 496 g/mol. The summed E-state index contributed by atoms with van der Waals surface area (Å²) in [4.78, 5) is 13.9. The van der Waals surface area contributed by atoms with Crippen LogP contribution in [-0.2, 0) is 23.1 Å². The van der Waals surface area contributed by atoms with Gasteiger partial charge in [-0.15, -0.1) is 0 Å². The molecule has 1 heterocycles. The summed E-state index contributed by atoms with van der Waals surface area (Å²) in [6.07, 6.45) is 2.58. The summed E-state index contributed by atoms with van der Waals surface area (Å²) in [5.41, 5.74) is 2.63. The minimum atomic E-state index is -0.803. The normalized spacial score (nSPS) is 14.1. The van der Waals surface area contributed by atoms with Crippen molar-refractivity contribution in [3.05, 3.63) is 66.0 Å². The van der Waals surface area contributed by atoms with Gasteiger partial charge in [0.05, 0.1) is 5.56 Å². The lowest BCUT2D eigenvalue weighted by Gasteiger charge is -2.25. The molecule has 0 radical (unpaired) electrons. The molecule has 1 N–H and O–H groups in total. The van der Waals surface area contributed by atoms with E-state index in [0.29, 0.717) is 43.5 Å². The molecule has 8 heteroatoms. The Labute approximate surface area is 211 Å². The largest absolute Gasteiger partial charge is 0.463 e. The molecule has 2 aromatic carbocycles. The second kappa shape index (κ2) is 12.1. The number of ether oxygens (including phenoxy) is 2. The van der Waals surface area contributed by atoms with E-state index in [4.69, 9.17) is 14.6 Å². The fourth-order valence-corrected chi connectivity index (χ4v) is 4.17. The zero-order chi connectivity index (χ0) is 25.5. The Morgan fingerprint density at radius 3 is 2.58 bits per heavy atom. The molecule has 1 aliphatic rings.